The molecule has 0 aromatic heterocycles. The summed E-state index contributed by atoms with van der Waals surface area (Å²) in [5.74, 6) is 1.71. The van der Waals surface area contributed by atoms with Crippen LogP contribution >= 0.6 is 23.5 Å². The third kappa shape index (κ3) is 11.9. The lowest BCUT2D eigenvalue weighted by atomic mass is 9.72. The molecule has 9 heteroatoms. The van der Waals surface area contributed by atoms with Crippen molar-refractivity contribution in [3.05, 3.63) is 263 Å². The molecule has 0 aliphatic carbocycles. The van der Waals surface area contributed by atoms with Crippen molar-refractivity contribution in [3.63, 3.8) is 0 Å². The Morgan fingerprint density at radius 1 is 0.623 bits per heavy atom. The maximum absolute atomic E-state index is 14.5. The molecule has 8 aromatic carbocycles. The van der Waals surface area contributed by atoms with Gasteiger partial charge in [-0.1, -0.05) is 237 Å². The quantitative estimate of drug-likeness (QED) is 0.0270. The number of oxime groups is 1. The highest BCUT2D eigenvalue weighted by molar-refractivity contribution is 8.00. The summed E-state index contributed by atoms with van der Waals surface area (Å²) in [5.41, 5.74) is 9.58. The second kappa shape index (κ2) is 25.8. The number of benzene rings is 8. The largest absolute Gasteiger partial charge is 0.399 e. The Kier molecular flexibility index (Phi) is 18.1. The van der Waals surface area contributed by atoms with Gasteiger partial charge in [0.05, 0.1) is 27.9 Å². The van der Waals surface area contributed by atoms with Crippen LogP contribution in [0.1, 0.15) is 77.5 Å². The Morgan fingerprint density at radius 3 is 1.57 bits per heavy atom. The number of nitrogens with zero attached hydrogens (tertiary/aromatic N) is 3. The average molecular weight is 1060 g/mol. The minimum Gasteiger partial charge on any atom is -0.399 e. The highest BCUT2D eigenvalue weighted by Crippen LogP contribution is 2.51. The molecule has 5 atom stereocenters. The van der Waals surface area contributed by atoms with Gasteiger partial charge < -0.3 is 15.3 Å². The molecule has 0 spiro atoms. The van der Waals surface area contributed by atoms with E-state index in [-0.39, 0.29) is 36.4 Å². The molecule has 0 saturated carbocycles. The van der Waals surface area contributed by atoms with Gasteiger partial charge in [0.15, 0.2) is 0 Å². The van der Waals surface area contributed by atoms with Gasteiger partial charge in [-0.2, -0.15) is 0 Å². The molecule has 2 fully saturated rings. The van der Waals surface area contributed by atoms with E-state index >= 15 is 0 Å². The number of carbonyl (C=O) groups excluding carboxylic acids is 1. The maximum atomic E-state index is 14.5. The third-order valence-corrected chi connectivity index (χ3v) is 19.1. The summed E-state index contributed by atoms with van der Waals surface area (Å²) >= 11 is 3.81. The first-order chi connectivity index (χ1) is 37.9. The van der Waals surface area contributed by atoms with E-state index in [0.717, 1.165) is 50.2 Å². The van der Waals surface area contributed by atoms with Crippen LogP contribution in [-0.4, -0.2) is 96.1 Å². The van der Waals surface area contributed by atoms with E-state index < -0.39 is 15.6 Å². The highest BCUT2D eigenvalue weighted by atomic mass is 32.2. The van der Waals surface area contributed by atoms with E-state index in [4.69, 9.17) is 4.84 Å². The molecule has 2 heterocycles. The number of fused-ring (bicyclic) bond motifs is 3. The first-order valence-electron chi connectivity index (χ1n) is 27.6. The smallest absolute Gasteiger partial charge is 0.234 e. The Hall–Kier alpha value is -6.46. The number of nitrogens with one attached hydrogen (secondary N) is 1. The summed E-state index contributed by atoms with van der Waals surface area (Å²) in [5, 5.41) is 22.5. The molecule has 8 aromatic rings. The van der Waals surface area contributed by atoms with Gasteiger partial charge in [0.25, 0.3) is 0 Å². The molecule has 2 unspecified atom stereocenters. The van der Waals surface area contributed by atoms with Crippen LogP contribution in [0.3, 0.4) is 0 Å². The molecule has 7 nitrogen and oxygen atoms in total. The number of aliphatic hydroxyl groups excluding tert-OH is 1. The van der Waals surface area contributed by atoms with Crippen molar-refractivity contribution in [2.75, 3.05) is 51.3 Å². The van der Waals surface area contributed by atoms with Crippen molar-refractivity contribution in [3.8, 4) is 0 Å². The number of thioether (sulfide) groups is 2. The van der Waals surface area contributed by atoms with Gasteiger partial charge in [0.1, 0.15) is 7.11 Å². The number of carbonyl (C=O) groups is 1. The summed E-state index contributed by atoms with van der Waals surface area (Å²) in [7, 11) is 1.63. The van der Waals surface area contributed by atoms with Gasteiger partial charge in [0.2, 0.25) is 5.91 Å². The number of rotatable bonds is 24. The maximum Gasteiger partial charge on any atom is 0.234 e. The monoisotopic (exact) mass is 1060 g/mol. The average Bonchev–Trinajstić information content (AvgIpc) is 3.75. The highest BCUT2D eigenvalue weighted by Gasteiger charge is 2.53. The van der Waals surface area contributed by atoms with Crippen LogP contribution in [0, 0.1) is 5.92 Å². The second-order valence-corrected chi connectivity index (χ2v) is 23.1. The van der Waals surface area contributed by atoms with Crippen molar-refractivity contribution in [2.24, 2.45) is 11.1 Å². The second-order valence-electron chi connectivity index (χ2n) is 20.5. The minimum absolute atomic E-state index is 0.00231. The fourth-order valence-electron chi connectivity index (χ4n) is 12.7. The van der Waals surface area contributed by atoms with Crippen LogP contribution in [0.5, 0.6) is 0 Å². The molecule has 2 bridgehead atoms. The Balaban J connectivity index is 0.894. The molecule has 10 rings (SSSR count). The van der Waals surface area contributed by atoms with Gasteiger partial charge in [0, 0.05) is 49.1 Å². The van der Waals surface area contributed by atoms with Crippen LogP contribution in [-0.2, 0) is 19.1 Å². The van der Waals surface area contributed by atoms with E-state index in [9.17, 15) is 9.90 Å². The van der Waals surface area contributed by atoms with Crippen LogP contribution in [0.4, 0.5) is 0 Å². The van der Waals surface area contributed by atoms with E-state index in [1.54, 1.807) is 7.11 Å². The molecule has 2 saturated heterocycles. The van der Waals surface area contributed by atoms with Gasteiger partial charge in [-0.25, -0.2) is 0 Å². The van der Waals surface area contributed by atoms with Crippen LogP contribution in [0.2, 0.25) is 0 Å². The topological polar surface area (TPSA) is 77.4 Å². The summed E-state index contributed by atoms with van der Waals surface area (Å²) in [6, 6.07) is 80.4. The Morgan fingerprint density at radius 2 is 1.09 bits per heavy atom. The molecule has 2 aliphatic rings. The Bertz CT molecular complexity index is 2940. The standard InChI is InChI=1S/C68H72N4O3S2/c1-3-62(70-75-2)65-61(53-40-39-51-25-22-23-26-52(51)47-53)48-60-49-63(73)66(65)72(60)43-24-42-71(44-46-77-68(57-33-16-7-17-34-57,58-35-18-8-19-36-58)59-37-20-9-21-38-59)50-64(74)69-41-45-76-67(54-27-10-4-11-28-54,55-29-12-5-13-30-55)56-31-14-6-15-32-56/h4-23,25-40,47,60-61,63,65-66,73H,3,24,41-46,48-50H2,1-2H3,(H,69,74)/t60?,61-,63+,65+,66?/m0/s1. The van der Waals surface area contributed by atoms with Crippen molar-refractivity contribution in [1.82, 2.24) is 15.1 Å². The van der Waals surface area contributed by atoms with Gasteiger partial charge in [-0.05, 0) is 87.9 Å². The minimum atomic E-state index is -0.480. The zero-order valence-electron chi connectivity index (χ0n) is 44.4. The summed E-state index contributed by atoms with van der Waals surface area (Å²) < 4.78 is -0.943. The zero-order valence-corrected chi connectivity index (χ0v) is 46.1. The van der Waals surface area contributed by atoms with Crippen LogP contribution in [0.15, 0.2) is 230 Å². The fraction of sp³-hybridized carbons (Fsp3) is 0.294. The van der Waals surface area contributed by atoms with E-state index in [2.05, 4.69) is 252 Å². The molecule has 394 valence electrons. The van der Waals surface area contributed by atoms with E-state index in [1.807, 2.05) is 23.5 Å². The first kappa shape index (κ1) is 53.9. The zero-order chi connectivity index (χ0) is 52.9. The molecular weight excluding hydrogens is 985 g/mol. The van der Waals surface area contributed by atoms with Crippen LogP contribution in [0.25, 0.3) is 10.8 Å². The first-order valence-corrected chi connectivity index (χ1v) is 29.5. The number of hydrogen-bond acceptors (Lipinski definition) is 8. The number of amides is 1. The molecule has 1 amide bonds. The SMILES string of the molecule is CCC(=NOC)[C@@H]1C2[C@H](O)CC(C[C@H]1c1ccc3ccccc3c1)N2CCCN(CCSC(c1ccccc1)(c1ccccc1)c1ccccc1)CC(=O)NCCSC(c1ccccc1)(c1ccccc1)c1ccccc1. The molecule has 2 aliphatic heterocycles. The molecule has 0 radical (unpaired) electrons. The van der Waals surface area contributed by atoms with E-state index in [0.29, 0.717) is 18.8 Å². The normalized spacial score (nSPS) is 18.9. The predicted molar refractivity (Wildman–Crippen MR) is 322 cm³/mol. The van der Waals surface area contributed by atoms with Crippen molar-refractivity contribution in [1.29, 1.82) is 0 Å². The van der Waals surface area contributed by atoms with Gasteiger partial charge >= 0.3 is 0 Å². The Labute approximate surface area is 465 Å². The van der Waals surface area contributed by atoms with Crippen LogP contribution < -0.4 is 5.32 Å². The predicted octanol–water partition coefficient (Wildman–Crippen LogP) is 13.4. The molecular formula is C68H72N4O3S2. The molecule has 2 N–H and O–H groups in total. The number of piperidine rings is 1. The number of hydrogen-bond donors (Lipinski definition) is 2. The lowest BCUT2D eigenvalue weighted by Crippen LogP contribution is -2.53. The van der Waals surface area contributed by atoms with Crippen molar-refractivity contribution >= 4 is 45.9 Å². The lowest BCUT2D eigenvalue weighted by molar-refractivity contribution is -0.122. The van der Waals surface area contributed by atoms with Gasteiger partial charge in [-0.3, -0.25) is 14.6 Å². The van der Waals surface area contributed by atoms with Gasteiger partial charge in [-0.15, -0.1) is 23.5 Å². The summed E-state index contributed by atoms with van der Waals surface area (Å²) in [4.78, 5) is 24.9. The van der Waals surface area contributed by atoms with E-state index in [1.165, 1.54) is 49.7 Å². The number of aliphatic hydroxyl groups is 1. The van der Waals surface area contributed by atoms with Crippen molar-refractivity contribution < 1.29 is 14.7 Å². The fourth-order valence-corrected chi connectivity index (χ4v) is 15.6. The summed E-state index contributed by atoms with van der Waals surface area (Å²) in [6.45, 7) is 5.21. The summed E-state index contributed by atoms with van der Waals surface area (Å²) in [6.07, 6.45) is 2.77. The molecule has 77 heavy (non-hydrogen) atoms. The third-order valence-electron chi connectivity index (χ3n) is 16.1. The van der Waals surface area contributed by atoms with Crippen molar-refractivity contribution in [2.45, 2.75) is 66.2 Å². The lowest BCUT2D eigenvalue weighted by Gasteiger charge is -2.46.